The van der Waals surface area contributed by atoms with Crippen molar-refractivity contribution in [1.82, 2.24) is 0 Å². The second-order valence-electron chi connectivity index (χ2n) is 4.82. The van der Waals surface area contributed by atoms with Gasteiger partial charge in [0.1, 0.15) is 0 Å². The van der Waals surface area contributed by atoms with E-state index in [2.05, 4.69) is 13.8 Å². The molecule has 1 saturated heterocycles. The SMILES string of the molecule is CCCCC1(CC)COP(=O)(C(C)OP=O)OC1. The molecule has 0 aromatic carbocycles. The summed E-state index contributed by atoms with van der Waals surface area (Å²) < 4.78 is 38.3. The van der Waals surface area contributed by atoms with Crippen LogP contribution in [0.3, 0.4) is 0 Å². The first-order chi connectivity index (χ1) is 8.52. The van der Waals surface area contributed by atoms with Crippen LogP contribution in [0.15, 0.2) is 0 Å². The smallest absolute Gasteiger partial charge is 0.306 e. The molecule has 18 heavy (non-hydrogen) atoms. The molecule has 1 aliphatic rings. The predicted octanol–water partition coefficient (Wildman–Crippen LogP) is 4.38. The molecule has 1 unspecified atom stereocenters. The minimum atomic E-state index is -3.28. The van der Waals surface area contributed by atoms with Crippen LogP contribution in [0.2, 0.25) is 0 Å². The first-order valence-electron chi connectivity index (χ1n) is 6.39. The van der Waals surface area contributed by atoms with Crippen LogP contribution >= 0.6 is 16.3 Å². The molecule has 0 saturated carbocycles. The van der Waals surface area contributed by atoms with Crippen molar-refractivity contribution < 1.29 is 22.7 Å². The Morgan fingerprint density at radius 3 is 2.44 bits per heavy atom. The van der Waals surface area contributed by atoms with E-state index in [0.29, 0.717) is 13.2 Å². The van der Waals surface area contributed by atoms with Gasteiger partial charge >= 0.3 is 16.3 Å². The van der Waals surface area contributed by atoms with Gasteiger partial charge in [0.25, 0.3) is 0 Å². The molecule has 0 aromatic heterocycles. The fraction of sp³-hybridized carbons (Fsp3) is 1.00. The zero-order valence-corrected chi connectivity index (χ0v) is 13.0. The van der Waals surface area contributed by atoms with Crippen LogP contribution in [-0.4, -0.2) is 19.1 Å². The number of hydrogen-bond acceptors (Lipinski definition) is 5. The second-order valence-corrected chi connectivity index (χ2v) is 7.51. The molecule has 0 N–H and O–H groups in total. The van der Waals surface area contributed by atoms with Crippen LogP contribution in [-0.2, 0) is 22.7 Å². The van der Waals surface area contributed by atoms with Crippen molar-refractivity contribution in [1.29, 1.82) is 0 Å². The van der Waals surface area contributed by atoms with E-state index in [1.54, 1.807) is 6.92 Å². The molecule has 5 nitrogen and oxygen atoms in total. The minimum absolute atomic E-state index is 0.0428. The standard InChI is InChI=1S/C11H22O5P2/c1-4-6-7-11(5-2)8-14-18(13,15-9-11)10(3)16-17-12/h10H,4-9H2,1-3H3. The average molecular weight is 296 g/mol. The Balaban J connectivity index is 2.62. The lowest BCUT2D eigenvalue weighted by Gasteiger charge is -2.40. The molecule has 0 aliphatic carbocycles. The van der Waals surface area contributed by atoms with Crippen molar-refractivity contribution >= 4 is 16.3 Å². The fourth-order valence-electron chi connectivity index (χ4n) is 1.94. The summed E-state index contributed by atoms with van der Waals surface area (Å²) in [5.41, 5.74) is -0.0428. The fourth-order valence-corrected chi connectivity index (χ4v) is 4.04. The molecule has 1 fully saturated rings. The molecule has 0 radical (unpaired) electrons. The molecule has 1 aliphatic heterocycles. The highest BCUT2D eigenvalue weighted by Crippen LogP contribution is 2.59. The van der Waals surface area contributed by atoms with Gasteiger partial charge in [-0.3, -0.25) is 9.09 Å². The molecule has 1 rings (SSSR count). The summed E-state index contributed by atoms with van der Waals surface area (Å²) >= 11 is 0. The predicted molar refractivity (Wildman–Crippen MR) is 69.9 cm³/mol. The maximum atomic E-state index is 12.3. The van der Waals surface area contributed by atoms with Crippen LogP contribution in [0, 0.1) is 5.41 Å². The van der Waals surface area contributed by atoms with Crippen LogP contribution < -0.4 is 0 Å². The third-order valence-electron chi connectivity index (χ3n) is 3.55. The highest BCUT2D eigenvalue weighted by molar-refractivity contribution is 7.54. The van der Waals surface area contributed by atoms with Crippen LogP contribution in [0.25, 0.3) is 0 Å². The van der Waals surface area contributed by atoms with Gasteiger partial charge in [0.05, 0.1) is 13.2 Å². The van der Waals surface area contributed by atoms with Gasteiger partial charge in [0.2, 0.25) is 0 Å². The van der Waals surface area contributed by atoms with Crippen LogP contribution in [0.4, 0.5) is 0 Å². The van der Waals surface area contributed by atoms with E-state index in [4.69, 9.17) is 13.6 Å². The molecule has 0 spiro atoms. The van der Waals surface area contributed by atoms with Gasteiger partial charge in [0, 0.05) is 5.41 Å². The van der Waals surface area contributed by atoms with Crippen molar-refractivity contribution in [3.05, 3.63) is 0 Å². The Morgan fingerprint density at radius 2 is 2.00 bits per heavy atom. The van der Waals surface area contributed by atoms with Gasteiger partial charge in [-0.15, -0.1) is 0 Å². The molecule has 0 aromatic rings. The highest BCUT2D eigenvalue weighted by Gasteiger charge is 2.44. The van der Waals surface area contributed by atoms with Gasteiger partial charge in [-0.05, 0) is 19.8 Å². The van der Waals surface area contributed by atoms with Crippen molar-refractivity contribution in [2.45, 2.75) is 52.3 Å². The third kappa shape index (κ3) is 3.85. The normalized spacial score (nSPS) is 34.6. The number of hydrogen-bond donors (Lipinski definition) is 0. The summed E-state index contributed by atoms with van der Waals surface area (Å²) in [6, 6.07) is 0. The Labute approximate surface area is 110 Å². The Bertz CT molecular complexity index is 309. The van der Waals surface area contributed by atoms with Crippen LogP contribution in [0.1, 0.15) is 46.5 Å². The largest absolute Gasteiger partial charge is 0.359 e. The average Bonchev–Trinajstić information content (AvgIpc) is 2.39. The van der Waals surface area contributed by atoms with E-state index in [-0.39, 0.29) is 5.41 Å². The van der Waals surface area contributed by atoms with Crippen molar-refractivity contribution in [3.8, 4) is 0 Å². The monoisotopic (exact) mass is 296 g/mol. The molecular weight excluding hydrogens is 274 g/mol. The van der Waals surface area contributed by atoms with Crippen molar-refractivity contribution in [2.75, 3.05) is 13.2 Å². The summed E-state index contributed by atoms with van der Waals surface area (Å²) in [5, 5.41) is 0. The Morgan fingerprint density at radius 1 is 1.39 bits per heavy atom. The lowest BCUT2D eigenvalue weighted by Crippen LogP contribution is -2.36. The summed E-state index contributed by atoms with van der Waals surface area (Å²) in [7, 11) is -3.78. The van der Waals surface area contributed by atoms with E-state index >= 15 is 0 Å². The maximum absolute atomic E-state index is 12.3. The summed E-state index contributed by atoms with van der Waals surface area (Å²) in [4.78, 5) is 0. The van der Waals surface area contributed by atoms with Crippen molar-refractivity contribution in [3.63, 3.8) is 0 Å². The van der Waals surface area contributed by atoms with Gasteiger partial charge in [-0.25, -0.2) is 4.57 Å². The zero-order valence-electron chi connectivity index (χ0n) is 11.3. The molecule has 106 valence electrons. The third-order valence-corrected chi connectivity index (χ3v) is 6.10. The lowest BCUT2D eigenvalue weighted by atomic mass is 9.82. The Kier molecular flexibility index (Phi) is 6.43. The van der Waals surface area contributed by atoms with E-state index in [1.807, 2.05) is 0 Å². The molecule has 1 atom stereocenters. The van der Waals surface area contributed by atoms with Gasteiger partial charge in [0.15, 0.2) is 5.85 Å². The minimum Gasteiger partial charge on any atom is -0.306 e. The zero-order chi connectivity index (χ0) is 13.6. The first-order valence-corrected chi connectivity index (χ1v) is 8.73. The van der Waals surface area contributed by atoms with Gasteiger partial charge in [-0.2, -0.15) is 0 Å². The number of rotatable bonds is 7. The summed E-state index contributed by atoms with van der Waals surface area (Å²) in [6.07, 6.45) is 4.17. The topological polar surface area (TPSA) is 61.8 Å². The second kappa shape index (κ2) is 7.12. The Hall–Kier alpha value is 0.210. The number of unbranched alkanes of at least 4 members (excludes halogenated alkanes) is 1. The summed E-state index contributed by atoms with van der Waals surface area (Å²) in [6.45, 7) is 6.63. The summed E-state index contributed by atoms with van der Waals surface area (Å²) in [5.74, 6) is -0.794. The van der Waals surface area contributed by atoms with Crippen LogP contribution in [0.5, 0.6) is 0 Å². The first kappa shape index (κ1) is 16.3. The lowest BCUT2D eigenvalue weighted by molar-refractivity contribution is -0.00237. The van der Waals surface area contributed by atoms with E-state index < -0.39 is 22.1 Å². The molecule has 0 bridgehead atoms. The van der Waals surface area contributed by atoms with E-state index in [0.717, 1.165) is 25.7 Å². The van der Waals surface area contributed by atoms with Gasteiger partial charge in [-0.1, -0.05) is 26.7 Å². The quantitative estimate of drug-likeness (QED) is 0.652. The maximum Gasteiger partial charge on any atom is 0.359 e. The molecule has 7 heteroatoms. The van der Waals surface area contributed by atoms with Crippen molar-refractivity contribution in [2.24, 2.45) is 5.41 Å². The molecular formula is C11H22O5P2. The molecule has 0 amide bonds. The van der Waals surface area contributed by atoms with E-state index in [1.165, 1.54) is 0 Å². The molecule has 1 heterocycles. The van der Waals surface area contributed by atoms with E-state index in [9.17, 15) is 9.13 Å². The highest BCUT2D eigenvalue weighted by atomic mass is 31.2. The van der Waals surface area contributed by atoms with Gasteiger partial charge < -0.3 is 9.05 Å².